The number of imidazole rings is 1. The number of aromatic nitrogens is 5. The number of rotatable bonds is 13. The summed E-state index contributed by atoms with van der Waals surface area (Å²) in [6.07, 6.45) is 6.29. The number of fused-ring (bicyclic) bond motifs is 2. The zero-order valence-electron chi connectivity index (χ0n) is 28.1. The molecule has 7 rings (SSSR count). The molecule has 0 radical (unpaired) electrons. The Balaban J connectivity index is 1.05. The number of benzene rings is 1. The number of Topliss-reactive ketones (excluding diaryl/α,β-unsaturated/α-hetero) is 1. The molecule has 53 heavy (non-hydrogen) atoms. The largest absolute Gasteiger partial charge is 0.477 e. The molecule has 5 N–H and O–H groups in total. The fraction of sp³-hybridized carbons (Fsp3) is 0.375. The van der Waals surface area contributed by atoms with Crippen LogP contribution in [0.3, 0.4) is 0 Å². The van der Waals surface area contributed by atoms with Crippen molar-refractivity contribution in [3.05, 3.63) is 75.9 Å². The Bertz CT molecular complexity index is 2170. The number of carboxylic acid groups (broad SMARTS) is 1. The molecule has 0 spiro atoms. The smallest absolute Gasteiger partial charge is 0.352 e. The number of thioether (sulfide) groups is 1. The Morgan fingerprint density at radius 1 is 1.25 bits per heavy atom. The lowest BCUT2D eigenvalue weighted by Gasteiger charge is -2.49. The molecule has 2 atom stereocenters. The van der Waals surface area contributed by atoms with Gasteiger partial charge in [-0.1, -0.05) is 21.9 Å². The van der Waals surface area contributed by atoms with Crippen LogP contribution in [0.1, 0.15) is 36.2 Å². The van der Waals surface area contributed by atoms with E-state index >= 15 is 4.39 Å². The Hall–Kier alpha value is -5.05. The molecule has 3 aliphatic heterocycles. The van der Waals surface area contributed by atoms with Gasteiger partial charge in [-0.05, 0) is 17.7 Å². The summed E-state index contributed by atoms with van der Waals surface area (Å²) in [4.78, 5) is 54.6. The van der Waals surface area contributed by atoms with E-state index in [4.69, 9.17) is 37.5 Å². The fourth-order valence-corrected chi connectivity index (χ4v) is 8.52. The van der Waals surface area contributed by atoms with E-state index in [-0.39, 0.29) is 64.4 Å². The first-order chi connectivity index (χ1) is 25.5. The molecule has 3 aromatic heterocycles. The van der Waals surface area contributed by atoms with Crippen LogP contribution in [0.25, 0.3) is 5.65 Å². The van der Waals surface area contributed by atoms with Crippen molar-refractivity contribution in [3.63, 3.8) is 0 Å². The third-order valence-electron chi connectivity index (χ3n) is 9.04. The van der Waals surface area contributed by atoms with Crippen molar-refractivity contribution in [2.45, 2.75) is 43.8 Å². The number of ketones is 1. The topological polar surface area (TPSA) is 218 Å². The summed E-state index contributed by atoms with van der Waals surface area (Å²) in [5.41, 5.74) is 13.1. The minimum absolute atomic E-state index is 0.00635. The zero-order chi connectivity index (χ0) is 37.4. The lowest BCUT2D eigenvalue weighted by molar-refractivity contribution is -0.662. The summed E-state index contributed by atoms with van der Waals surface area (Å²) >= 11 is 8.80. The molecule has 1 amide bonds. The molecule has 278 valence electrons. The van der Waals surface area contributed by atoms with Gasteiger partial charge in [0.05, 0.1) is 48.3 Å². The van der Waals surface area contributed by atoms with Gasteiger partial charge < -0.3 is 31.0 Å². The number of nitrogens with two attached hydrogens (primary N) is 2. The third kappa shape index (κ3) is 7.18. The molecule has 17 nitrogen and oxygen atoms in total. The highest BCUT2D eigenvalue weighted by Crippen LogP contribution is 2.45. The van der Waals surface area contributed by atoms with Crippen LogP contribution >= 0.6 is 34.9 Å². The summed E-state index contributed by atoms with van der Waals surface area (Å²) in [7, 11) is 1.27. The molecule has 0 aliphatic carbocycles. The fourth-order valence-electron chi connectivity index (χ4n) is 6.41. The van der Waals surface area contributed by atoms with Crippen molar-refractivity contribution in [2.24, 2.45) is 22.0 Å². The summed E-state index contributed by atoms with van der Waals surface area (Å²) in [6, 6.07) is 4.61. The minimum atomic E-state index is -1.26. The third-order valence-corrected chi connectivity index (χ3v) is 11.3. The molecule has 0 unspecified atom stereocenters. The van der Waals surface area contributed by atoms with E-state index < -0.39 is 34.8 Å². The van der Waals surface area contributed by atoms with E-state index in [2.05, 4.69) is 19.7 Å². The molecule has 0 bridgehead atoms. The number of halogens is 2. The van der Waals surface area contributed by atoms with Crippen molar-refractivity contribution < 1.29 is 42.9 Å². The van der Waals surface area contributed by atoms with Crippen LogP contribution in [0.4, 0.5) is 9.52 Å². The van der Waals surface area contributed by atoms with Gasteiger partial charge in [-0.15, -0.1) is 16.3 Å². The zero-order valence-corrected chi connectivity index (χ0v) is 30.4. The van der Waals surface area contributed by atoms with Crippen LogP contribution < -0.4 is 16.0 Å². The predicted molar refractivity (Wildman–Crippen MR) is 190 cm³/mol. The molecule has 1 aromatic carbocycles. The number of nitrogens with zero attached hydrogens (tertiary/aromatic N) is 8. The SMILES string of the molecule is CO/N=C(\C(=O)C[C@@H]1C(=O)N2C(C(=O)O)=C(Cn3ccc4n3cc[n+]4Cc3c(F)cc(C(N)=NOC4CCOCC4)cc3Cl)CS[C@H]12)c1nsc(N)n1. The minimum Gasteiger partial charge on any atom is -0.477 e. The van der Waals surface area contributed by atoms with E-state index in [0.29, 0.717) is 48.6 Å². The Kier molecular flexibility index (Phi) is 10.4. The number of anilines is 1. The van der Waals surface area contributed by atoms with Crippen LogP contribution in [-0.4, -0.2) is 95.3 Å². The highest BCUT2D eigenvalue weighted by molar-refractivity contribution is 8.00. The van der Waals surface area contributed by atoms with E-state index in [0.717, 1.165) is 11.5 Å². The summed E-state index contributed by atoms with van der Waals surface area (Å²) in [5, 5.41) is 17.7. The normalized spacial score (nSPS) is 19.8. The van der Waals surface area contributed by atoms with Crippen molar-refractivity contribution >= 4 is 74.9 Å². The average molecular weight is 788 g/mol. The van der Waals surface area contributed by atoms with Crippen LogP contribution in [0, 0.1) is 11.7 Å². The van der Waals surface area contributed by atoms with Gasteiger partial charge in [0.2, 0.25) is 11.7 Å². The van der Waals surface area contributed by atoms with Gasteiger partial charge in [0.25, 0.3) is 0 Å². The lowest BCUT2D eigenvalue weighted by Crippen LogP contribution is -2.62. The molecule has 4 aromatic rings. The number of amides is 1. The monoisotopic (exact) mass is 787 g/mol. The number of aliphatic carboxylic acids is 1. The van der Waals surface area contributed by atoms with Crippen molar-refractivity contribution in [1.82, 2.24) is 23.5 Å². The van der Waals surface area contributed by atoms with E-state index in [1.165, 1.54) is 35.9 Å². The number of amidine groups is 1. The molecule has 2 saturated heterocycles. The highest BCUT2D eigenvalue weighted by Gasteiger charge is 2.54. The van der Waals surface area contributed by atoms with Crippen LogP contribution in [0.15, 0.2) is 58.4 Å². The first kappa shape index (κ1) is 36.3. The first-order valence-corrected chi connectivity index (χ1v) is 18.5. The number of carbonyl (C=O) groups is 3. The van der Waals surface area contributed by atoms with Gasteiger partial charge in [-0.25, -0.2) is 18.4 Å². The van der Waals surface area contributed by atoms with Crippen LogP contribution in [0.5, 0.6) is 0 Å². The molecule has 6 heterocycles. The van der Waals surface area contributed by atoms with Gasteiger partial charge in [0.15, 0.2) is 28.7 Å². The quantitative estimate of drug-likeness (QED) is 0.0583. The predicted octanol–water partition coefficient (Wildman–Crippen LogP) is 2.00. The summed E-state index contributed by atoms with van der Waals surface area (Å²) < 4.78 is 30.1. The second kappa shape index (κ2) is 15.1. The van der Waals surface area contributed by atoms with Gasteiger partial charge >= 0.3 is 11.6 Å². The second-order valence-corrected chi connectivity index (χ2v) is 14.6. The summed E-state index contributed by atoms with van der Waals surface area (Å²) in [5.74, 6) is -3.33. The van der Waals surface area contributed by atoms with Gasteiger partial charge in [-0.2, -0.15) is 9.36 Å². The standard InChI is InChI=1S/C32H32ClFN10O7S2/c1-49-38-25(28-37-32(36)53-40-28)23(45)12-19-29(46)44-26(31(47)48)17(15-52-30(19)44)13-42-5-2-24-41(6-7-43(24)42)14-20-21(33)10-16(11-22(20)34)27(35)39-51-18-3-8-50-9-4-18/h2,5-7,10-11,18-19,30H,3-4,8-9,12-15H2,1H3,(H4-,35,36,37,39,40,47,48)/p+1/b38-25+/t19-,30-/m1/s1. The molecule has 21 heteroatoms. The van der Waals surface area contributed by atoms with Crippen LogP contribution in [0.2, 0.25) is 5.02 Å². The maximum Gasteiger partial charge on any atom is 0.352 e. The number of β-lactam (4-membered cyclic amide) rings is 1. The highest BCUT2D eigenvalue weighted by atomic mass is 35.5. The first-order valence-electron chi connectivity index (χ1n) is 16.3. The van der Waals surface area contributed by atoms with Gasteiger partial charge in [-0.3, -0.25) is 14.5 Å². The number of oxime groups is 2. The number of ether oxygens (including phenoxy) is 1. The number of hydrogen-bond donors (Lipinski definition) is 3. The second-order valence-electron chi connectivity index (χ2n) is 12.3. The summed E-state index contributed by atoms with van der Waals surface area (Å²) in [6.45, 7) is 1.39. The maximum absolute atomic E-state index is 15.4. The molecule has 3 aliphatic rings. The van der Waals surface area contributed by atoms with E-state index in [9.17, 15) is 19.5 Å². The van der Waals surface area contributed by atoms with Crippen molar-refractivity contribution in [2.75, 3.05) is 31.8 Å². The number of nitrogen functional groups attached to an aromatic ring is 1. The maximum atomic E-state index is 15.4. The number of carboxylic acids is 1. The Morgan fingerprint density at radius 3 is 2.74 bits per heavy atom. The van der Waals surface area contributed by atoms with Gasteiger partial charge in [0.1, 0.15) is 37.5 Å². The molecular formula is C32H33ClFN10O7S2+. The lowest BCUT2D eigenvalue weighted by atomic mass is 9.89. The van der Waals surface area contributed by atoms with E-state index in [1.807, 2.05) is 0 Å². The van der Waals surface area contributed by atoms with Gasteiger partial charge in [0, 0.05) is 47.7 Å². The average Bonchev–Trinajstić information content (AvgIpc) is 3.87. The van der Waals surface area contributed by atoms with Crippen molar-refractivity contribution in [3.8, 4) is 0 Å². The Labute approximate surface area is 313 Å². The number of hydrogen-bond acceptors (Lipinski definition) is 13. The molecule has 2 fully saturated rings. The van der Waals surface area contributed by atoms with E-state index in [1.54, 1.807) is 38.4 Å². The Morgan fingerprint density at radius 2 is 2.04 bits per heavy atom. The number of carbonyl (C=O) groups excluding carboxylic acids is 2. The molecule has 0 saturated carbocycles. The van der Waals surface area contributed by atoms with Crippen LogP contribution in [-0.2, 0) is 41.9 Å². The van der Waals surface area contributed by atoms with Crippen molar-refractivity contribution in [1.29, 1.82) is 0 Å². The molecular weight excluding hydrogens is 755 g/mol.